The molecule has 0 amide bonds. The Morgan fingerprint density at radius 3 is 2.41 bits per heavy atom. The molecule has 92 valence electrons. The zero-order valence-electron chi connectivity index (χ0n) is 10.0. The molecule has 2 N–H and O–H groups in total. The lowest BCUT2D eigenvalue weighted by Gasteiger charge is -1.98. The molecular formula is C14H18O3. The Labute approximate surface area is 101 Å². The number of ketones is 1. The van der Waals surface area contributed by atoms with Gasteiger partial charge >= 0.3 is 0 Å². The average Bonchev–Trinajstić information content (AvgIpc) is 2.25. The minimum Gasteiger partial charge on any atom is -0.508 e. The quantitative estimate of drug-likeness (QED) is 0.586. The van der Waals surface area contributed by atoms with Crippen molar-refractivity contribution < 1.29 is 15.0 Å². The fraction of sp³-hybridized carbons (Fsp3) is 0.357. The van der Waals surface area contributed by atoms with Gasteiger partial charge in [0, 0.05) is 12.5 Å². The van der Waals surface area contributed by atoms with Crippen molar-refractivity contribution in [3.05, 3.63) is 29.8 Å². The van der Waals surface area contributed by atoms with Gasteiger partial charge in [0.2, 0.25) is 0 Å². The van der Waals surface area contributed by atoms with Crippen LogP contribution in [0.25, 0.3) is 6.08 Å². The first-order valence-electron chi connectivity index (χ1n) is 5.85. The van der Waals surface area contributed by atoms with Crippen LogP contribution in [0, 0.1) is 0 Å². The fourth-order valence-corrected chi connectivity index (χ4v) is 1.54. The molecule has 0 aliphatic heterocycles. The van der Waals surface area contributed by atoms with Crippen LogP contribution >= 0.6 is 0 Å². The predicted octanol–water partition coefficient (Wildman–Crippen LogP) is 3.26. The van der Waals surface area contributed by atoms with Crippen molar-refractivity contribution in [3.63, 3.8) is 0 Å². The van der Waals surface area contributed by atoms with Crippen LogP contribution < -0.4 is 0 Å². The molecule has 1 rings (SSSR count). The van der Waals surface area contributed by atoms with E-state index in [9.17, 15) is 15.0 Å². The van der Waals surface area contributed by atoms with Gasteiger partial charge in [0.25, 0.3) is 0 Å². The Morgan fingerprint density at radius 1 is 1.18 bits per heavy atom. The maximum absolute atomic E-state index is 11.4. The van der Waals surface area contributed by atoms with Gasteiger partial charge in [-0.2, -0.15) is 0 Å². The van der Waals surface area contributed by atoms with Crippen LogP contribution in [-0.4, -0.2) is 16.0 Å². The van der Waals surface area contributed by atoms with Crippen molar-refractivity contribution in [1.29, 1.82) is 0 Å². The lowest BCUT2D eigenvalue weighted by molar-refractivity contribution is -0.114. The zero-order chi connectivity index (χ0) is 12.7. The van der Waals surface area contributed by atoms with Gasteiger partial charge in [0.05, 0.1) is 0 Å². The minimum absolute atomic E-state index is 0.0110. The van der Waals surface area contributed by atoms with E-state index in [-0.39, 0.29) is 17.3 Å². The highest BCUT2D eigenvalue weighted by Gasteiger charge is 1.98. The summed E-state index contributed by atoms with van der Waals surface area (Å²) in [5, 5.41) is 18.5. The topological polar surface area (TPSA) is 57.5 Å². The van der Waals surface area contributed by atoms with Crippen LogP contribution in [0.1, 0.15) is 38.2 Å². The fourth-order valence-electron chi connectivity index (χ4n) is 1.54. The molecule has 0 saturated carbocycles. The smallest absolute Gasteiger partial charge is 0.155 e. The molecule has 0 unspecified atom stereocenters. The largest absolute Gasteiger partial charge is 0.508 e. The second-order valence-corrected chi connectivity index (χ2v) is 4.04. The van der Waals surface area contributed by atoms with Crippen molar-refractivity contribution in [1.82, 2.24) is 0 Å². The number of carbonyl (C=O) groups is 1. The van der Waals surface area contributed by atoms with E-state index in [1.807, 2.05) is 0 Å². The summed E-state index contributed by atoms with van der Waals surface area (Å²) >= 11 is 0. The van der Waals surface area contributed by atoms with Crippen molar-refractivity contribution >= 4 is 11.9 Å². The highest BCUT2D eigenvalue weighted by molar-refractivity contribution is 5.93. The summed E-state index contributed by atoms with van der Waals surface area (Å²) < 4.78 is 0. The number of unbranched alkanes of at least 4 members (excludes halogenated alkanes) is 2. The maximum atomic E-state index is 11.4. The van der Waals surface area contributed by atoms with Crippen LogP contribution in [0.4, 0.5) is 0 Å². The van der Waals surface area contributed by atoms with Gasteiger partial charge in [-0.05, 0) is 30.2 Å². The molecule has 0 spiro atoms. The zero-order valence-corrected chi connectivity index (χ0v) is 10.0. The van der Waals surface area contributed by atoms with E-state index in [0.29, 0.717) is 12.0 Å². The van der Waals surface area contributed by atoms with Gasteiger partial charge < -0.3 is 10.2 Å². The van der Waals surface area contributed by atoms with Crippen LogP contribution in [0.15, 0.2) is 24.3 Å². The number of benzene rings is 1. The van der Waals surface area contributed by atoms with Gasteiger partial charge in [-0.3, -0.25) is 4.79 Å². The number of hydrogen-bond acceptors (Lipinski definition) is 3. The Balaban J connectivity index is 2.54. The molecule has 1 aromatic carbocycles. The van der Waals surface area contributed by atoms with Gasteiger partial charge in [0.1, 0.15) is 11.5 Å². The molecule has 0 fully saturated rings. The average molecular weight is 234 g/mol. The van der Waals surface area contributed by atoms with E-state index >= 15 is 0 Å². The molecule has 0 aliphatic rings. The molecular weight excluding hydrogens is 216 g/mol. The number of hydrogen-bond donors (Lipinski definition) is 2. The summed E-state index contributed by atoms with van der Waals surface area (Å²) in [7, 11) is 0. The number of rotatable bonds is 6. The lowest BCUT2D eigenvalue weighted by atomic mass is 10.1. The number of carbonyl (C=O) groups excluding carboxylic acids is 1. The van der Waals surface area contributed by atoms with Crippen LogP contribution in [0.3, 0.4) is 0 Å². The SMILES string of the molecule is CCCCCC(=O)/C=C/c1cc(O)cc(O)c1. The Hall–Kier alpha value is -1.77. The van der Waals surface area contributed by atoms with Crippen molar-refractivity contribution in [2.45, 2.75) is 32.6 Å². The molecule has 17 heavy (non-hydrogen) atoms. The predicted molar refractivity (Wildman–Crippen MR) is 68.0 cm³/mol. The highest BCUT2D eigenvalue weighted by Crippen LogP contribution is 2.21. The summed E-state index contributed by atoms with van der Waals surface area (Å²) in [6.45, 7) is 2.09. The molecule has 0 radical (unpaired) electrons. The molecule has 3 heteroatoms. The first kappa shape index (κ1) is 13.3. The normalized spacial score (nSPS) is 10.9. The van der Waals surface area contributed by atoms with E-state index in [1.54, 1.807) is 6.08 Å². The van der Waals surface area contributed by atoms with E-state index < -0.39 is 0 Å². The van der Waals surface area contributed by atoms with Gasteiger partial charge in [-0.25, -0.2) is 0 Å². The first-order chi connectivity index (χ1) is 8.11. The third-order valence-electron chi connectivity index (χ3n) is 2.41. The number of aromatic hydroxyl groups is 2. The molecule has 0 heterocycles. The van der Waals surface area contributed by atoms with Crippen LogP contribution in [0.5, 0.6) is 11.5 Å². The molecule has 0 aliphatic carbocycles. The van der Waals surface area contributed by atoms with Crippen LogP contribution in [-0.2, 0) is 4.79 Å². The summed E-state index contributed by atoms with van der Waals surface area (Å²) in [4.78, 5) is 11.4. The molecule has 0 atom stereocenters. The van der Waals surface area contributed by atoms with Gasteiger partial charge in [-0.15, -0.1) is 0 Å². The standard InChI is InChI=1S/C14H18O3/c1-2-3-4-5-12(15)7-6-11-8-13(16)10-14(17)9-11/h6-10,16-17H,2-5H2,1H3/b7-6+. The third-order valence-corrected chi connectivity index (χ3v) is 2.41. The third kappa shape index (κ3) is 5.20. The number of allylic oxidation sites excluding steroid dienone is 1. The Bertz CT molecular complexity index is 388. The summed E-state index contributed by atoms with van der Waals surface area (Å²) in [6.07, 6.45) is 6.71. The van der Waals surface area contributed by atoms with Crippen molar-refractivity contribution in [2.24, 2.45) is 0 Å². The molecule has 0 saturated heterocycles. The van der Waals surface area contributed by atoms with Crippen molar-refractivity contribution in [3.8, 4) is 11.5 Å². The molecule has 1 aromatic rings. The minimum atomic E-state index is -0.0110. The monoisotopic (exact) mass is 234 g/mol. The second-order valence-electron chi connectivity index (χ2n) is 4.04. The second kappa shape index (κ2) is 6.74. The maximum Gasteiger partial charge on any atom is 0.155 e. The Kier molecular flexibility index (Phi) is 5.27. The lowest BCUT2D eigenvalue weighted by Crippen LogP contribution is -1.91. The van der Waals surface area contributed by atoms with E-state index in [1.165, 1.54) is 24.3 Å². The summed E-state index contributed by atoms with van der Waals surface area (Å²) in [5.41, 5.74) is 0.617. The number of phenolic OH excluding ortho intramolecular Hbond substituents is 2. The van der Waals surface area contributed by atoms with E-state index in [0.717, 1.165) is 19.3 Å². The van der Waals surface area contributed by atoms with Gasteiger partial charge in [0.15, 0.2) is 5.78 Å². The highest BCUT2D eigenvalue weighted by atomic mass is 16.3. The summed E-state index contributed by atoms with van der Waals surface area (Å²) in [6, 6.07) is 4.24. The first-order valence-corrected chi connectivity index (χ1v) is 5.85. The van der Waals surface area contributed by atoms with E-state index in [4.69, 9.17) is 0 Å². The van der Waals surface area contributed by atoms with Crippen molar-refractivity contribution in [2.75, 3.05) is 0 Å². The Morgan fingerprint density at radius 2 is 1.82 bits per heavy atom. The van der Waals surface area contributed by atoms with Gasteiger partial charge in [-0.1, -0.05) is 25.8 Å². The molecule has 3 nitrogen and oxygen atoms in total. The molecule has 0 aromatic heterocycles. The number of phenols is 2. The molecule has 0 bridgehead atoms. The van der Waals surface area contributed by atoms with E-state index in [2.05, 4.69) is 6.92 Å². The van der Waals surface area contributed by atoms with Crippen LogP contribution in [0.2, 0.25) is 0 Å². The summed E-state index contributed by atoms with van der Waals surface area (Å²) in [5.74, 6) is 0.0486.